The van der Waals surface area contributed by atoms with Crippen LogP contribution in [0.1, 0.15) is 42.5 Å². The summed E-state index contributed by atoms with van der Waals surface area (Å²) in [5.41, 5.74) is 0.695. The molecular formula is C20H22N2O5S. The van der Waals surface area contributed by atoms with Crippen LogP contribution >= 0.6 is 0 Å². The molecule has 148 valence electrons. The quantitative estimate of drug-likeness (QED) is 0.801. The average Bonchev–Trinajstić information content (AvgIpc) is 3.16. The normalized spacial score (nSPS) is 16.6. The van der Waals surface area contributed by atoms with Gasteiger partial charge in [-0.2, -0.15) is 0 Å². The summed E-state index contributed by atoms with van der Waals surface area (Å²) in [6.07, 6.45) is 5.36. The summed E-state index contributed by atoms with van der Waals surface area (Å²) in [4.78, 5) is 12.6. The third-order valence-corrected chi connectivity index (χ3v) is 6.35. The lowest BCUT2D eigenvalue weighted by molar-refractivity contribution is 0.0927. The predicted octanol–water partition coefficient (Wildman–Crippen LogP) is 3.28. The van der Waals surface area contributed by atoms with E-state index in [1.54, 1.807) is 30.3 Å². The summed E-state index contributed by atoms with van der Waals surface area (Å²) in [6, 6.07) is 11.0. The molecule has 0 unspecified atom stereocenters. The molecule has 0 radical (unpaired) electrons. The Labute approximate surface area is 164 Å². The van der Waals surface area contributed by atoms with Crippen molar-refractivity contribution in [2.45, 2.75) is 43.0 Å². The number of carbonyl (C=O) groups is 1. The zero-order valence-corrected chi connectivity index (χ0v) is 16.1. The van der Waals surface area contributed by atoms with E-state index in [1.165, 1.54) is 18.6 Å². The van der Waals surface area contributed by atoms with Crippen molar-refractivity contribution in [3.63, 3.8) is 0 Å². The fourth-order valence-electron chi connectivity index (χ4n) is 3.49. The zero-order chi connectivity index (χ0) is 19.6. The average molecular weight is 402 g/mol. The summed E-state index contributed by atoms with van der Waals surface area (Å²) in [5.74, 6) is 0.817. The molecule has 1 aliphatic heterocycles. The lowest BCUT2D eigenvalue weighted by Crippen LogP contribution is -2.36. The van der Waals surface area contributed by atoms with Crippen molar-refractivity contribution in [2.75, 3.05) is 11.5 Å². The van der Waals surface area contributed by atoms with E-state index in [0.717, 1.165) is 25.7 Å². The number of hydrogen-bond donors (Lipinski definition) is 2. The summed E-state index contributed by atoms with van der Waals surface area (Å²) < 4.78 is 38.5. The number of rotatable bonds is 5. The number of hydrogen-bond acceptors (Lipinski definition) is 5. The molecule has 1 heterocycles. The van der Waals surface area contributed by atoms with Gasteiger partial charge in [0, 0.05) is 17.7 Å². The summed E-state index contributed by atoms with van der Waals surface area (Å²) in [7, 11) is -3.85. The number of carbonyl (C=O) groups excluding carboxylic acids is 1. The van der Waals surface area contributed by atoms with Crippen LogP contribution in [-0.2, 0) is 10.0 Å². The molecular weight excluding hydrogens is 380 g/mol. The van der Waals surface area contributed by atoms with Gasteiger partial charge in [-0.1, -0.05) is 25.3 Å². The molecule has 2 aliphatic rings. The Morgan fingerprint density at radius 1 is 0.964 bits per heavy atom. The van der Waals surface area contributed by atoms with Gasteiger partial charge in [-0.05, 0) is 43.2 Å². The zero-order valence-electron chi connectivity index (χ0n) is 15.3. The molecule has 1 aliphatic carbocycles. The molecule has 8 heteroatoms. The molecule has 2 aromatic carbocycles. The second-order valence-corrected chi connectivity index (χ2v) is 8.69. The Morgan fingerprint density at radius 3 is 2.57 bits per heavy atom. The molecule has 28 heavy (non-hydrogen) atoms. The van der Waals surface area contributed by atoms with Gasteiger partial charge in [-0.3, -0.25) is 9.52 Å². The number of amides is 1. The first-order valence-corrected chi connectivity index (χ1v) is 10.8. The molecule has 2 aromatic rings. The first kappa shape index (κ1) is 18.6. The molecule has 0 spiro atoms. The summed E-state index contributed by atoms with van der Waals surface area (Å²) in [6.45, 7) is 0.115. The number of benzene rings is 2. The van der Waals surface area contributed by atoms with E-state index in [1.807, 2.05) is 0 Å². The Bertz CT molecular complexity index is 984. The molecule has 1 saturated carbocycles. The van der Waals surface area contributed by atoms with Crippen LogP contribution in [0.25, 0.3) is 0 Å². The van der Waals surface area contributed by atoms with Crippen LogP contribution in [0.2, 0.25) is 0 Å². The SMILES string of the molecule is O=C(NC1CCCCC1)c1cccc(S(=O)(=O)Nc2ccc3c(c2)OCO3)c1. The number of fused-ring (bicyclic) bond motifs is 1. The molecule has 0 bridgehead atoms. The highest BCUT2D eigenvalue weighted by Gasteiger charge is 2.21. The van der Waals surface area contributed by atoms with Crippen LogP contribution in [0.3, 0.4) is 0 Å². The van der Waals surface area contributed by atoms with Gasteiger partial charge in [0.25, 0.3) is 15.9 Å². The van der Waals surface area contributed by atoms with Crippen molar-refractivity contribution in [3.05, 3.63) is 48.0 Å². The summed E-state index contributed by atoms with van der Waals surface area (Å²) in [5, 5.41) is 3.01. The fraction of sp³-hybridized carbons (Fsp3) is 0.350. The van der Waals surface area contributed by atoms with Crippen LogP contribution < -0.4 is 19.5 Å². The van der Waals surface area contributed by atoms with Crippen molar-refractivity contribution in [3.8, 4) is 11.5 Å². The van der Waals surface area contributed by atoms with Crippen molar-refractivity contribution < 1.29 is 22.7 Å². The Balaban J connectivity index is 1.50. The van der Waals surface area contributed by atoms with Crippen molar-refractivity contribution in [2.24, 2.45) is 0 Å². The van der Waals surface area contributed by atoms with Crippen molar-refractivity contribution >= 4 is 21.6 Å². The highest BCUT2D eigenvalue weighted by atomic mass is 32.2. The van der Waals surface area contributed by atoms with E-state index in [4.69, 9.17) is 9.47 Å². The largest absolute Gasteiger partial charge is 0.454 e. The van der Waals surface area contributed by atoms with Gasteiger partial charge in [0.05, 0.1) is 10.6 Å². The minimum atomic E-state index is -3.85. The summed E-state index contributed by atoms with van der Waals surface area (Å²) >= 11 is 0. The lowest BCUT2D eigenvalue weighted by Gasteiger charge is -2.22. The van der Waals surface area contributed by atoms with Gasteiger partial charge in [-0.15, -0.1) is 0 Å². The highest BCUT2D eigenvalue weighted by molar-refractivity contribution is 7.92. The number of nitrogens with one attached hydrogen (secondary N) is 2. The third kappa shape index (κ3) is 4.06. The number of sulfonamides is 1. The van der Waals surface area contributed by atoms with E-state index in [2.05, 4.69) is 10.0 Å². The van der Waals surface area contributed by atoms with Crippen LogP contribution in [0.5, 0.6) is 11.5 Å². The Hall–Kier alpha value is -2.74. The number of anilines is 1. The minimum Gasteiger partial charge on any atom is -0.454 e. The van der Waals surface area contributed by atoms with Crippen LogP contribution in [0, 0.1) is 0 Å². The molecule has 7 nitrogen and oxygen atoms in total. The van der Waals surface area contributed by atoms with Crippen molar-refractivity contribution in [1.29, 1.82) is 0 Å². The van der Waals surface area contributed by atoms with Crippen LogP contribution in [0.15, 0.2) is 47.4 Å². The smallest absolute Gasteiger partial charge is 0.261 e. The van der Waals surface area contributed by atoms with E-state index < -0.39 is 10.0 Å². The minimum absolute atomic E-state index is 0.0291. The maximum atomic E-state index is 12.8. The van der Waals surface area contributed by atoms with Crippen molar-refractivity contribution in [1.82, 2.24) is 5.32 Å². The Kier molecular flexibility index (Phi) is 5.13. The molecule has 4 rings (SSSR count). The fourth-order valence-corrected chi connectivity index (χ4v) is 4.59. The van der Waals surface area contributed by atoms with Crippen LogP contribution in [-0.4, -0.2) is 27.2 Å². The van der Waals surface area contributed by atoms with E-state index in [-0.39, 0.29) is 23.6 Å². The first-order chi connectivity index (χ1) is 13.5. The van der Waals surface area contributed by atoms with E-state index >= 15 is 0 Å². The molecule has 0 saturated heterocycles. The lowest BCUT2D eigenvalue weighted by atomic mass is 9.95. The topological polar surface area (TPSA) is 93.7 Å². The maximum Gasteiger partial charge on any atom is 0.261 e. The molecule has 0 aromatic heterocycles. The monoisotopic (exact) mass is 402 g/mol. The van der Waals surface area contributed by atoms with Gasteiger partial charge >= 0.3 is 0 Å². The molecule has 0 atom stereocenters. The molecule has 1 amide bonds. The number of ether oxygens (including phenoxy) is 2. The van der Waals surface area contributed by atoms with Gasteiger partial charge in [0.2, 0.25) is 6.79 Å². The van der Waals surface area contributed by atoms with Gasteiger partial charge in [0.1, 0.15) is 0 Å². The van der Waals surface area contributed by atoms with E-state index in [0.29, 0.717) is 22.7 Å². The van der Waals surface area contributed by atoms with Gasteiger partial charge < -0.3 is 14.8 Å². The predicted molar refractivity (Wildman–Crippen MR) is 104 cm³/mol. The van der Waals surface area contributed by atoms with E-state index in [9.17, 15) is 13.2 Å². The standard InChI is InChI=1S/C20H22N2O5S/c23-20(21-15-6-2-1-3-7-15)14-5-4-8-17(11-14)28(24,25)22-16-9-10-18-19(12-16)27-13-26-18/h4-5,8-12,15,22H,1-3,6-7,13H2,(H,21,23). The van der Waals surface area contributed by atoms with Gasteiger partial charge in [-0.25, -0.2) is 8.42 Å². The van der Waals surface area contributed by atoms with Crippen LogP contribution in [0.4, 0.5) is 5.69 Å². The second-order valence-electron chi connectivity index (χ2n) is 7.01. The Morgan fingerprint density at radius 2 is 1.75 bits per heavy atom. The third-order valence-electron chi connectivity index (χ3n) is 4.97. The molecule has 2 N–H and O–H groups in total. The highest BCUT2D eigenvalue weighted by Crippen LogP contribution is 2.34. The first-order valence-electron chi connectivity index (χ1n) is 9.35. The van der Waals surface area contributed by atoms with Gasteiger partial charge in [0.15, 0.2) is 11.5 Å². The maximum absolute atomic E-state index is 12.8. The molecule has 1 fully saturated rings. The second kappa shape index (κ2) is 7.71.